The summed E-state index contributed by atoms with van der Waals surface area (Å²) in [6.07, 6.45) is -0.748. The number of nitro groups is 1. The van der Waals surface area contributed by atoms with Crippen molar-refractivity contribution >= 4 is 53.9 Å². The maximum Gasteiger partial charge on any atom is 0.408 e. The van der Waals surface area contributed by atoms with Crippen LogP contribution in [0.2, 0.25) is 0 Å². The molecule has 122 valence electrons. The van der Waals surface area contributed by atoms with E-state index in [-0.39, 0.29) is 0 Å². The summed E-state index contributed by atoms with van der Waals surface area (Å²) in [4.78, 5) is 22.7. The van der Waals surface area contributed by atoms with Crippen LogP contribution in [0.5, 0.6) is 0 Å². The molecular weight excluding hydrogens is 488 g/mol. The van der Waals surface area contributed by atoms with Crippen LogP contribution in [0.25, 0.3) is 0 Å². The summed E-state index contributed by atoms with van der Waals surface area (Å²) in [7, 11) is 0. The first kappa shape index (κ1) is 19.4. The SMILES string of the molecule is CC(C)(C)OC(=O)NC(c1cccc(Br)c1)C(Br)(Br)[N+](=O)[O-]. The van der Waals surface area contributed by atoms with E-state index in [0.29, 0.717) is 5.56 Å². The van der Waals surface area contributed by atoms with E-state index in [4.69, 9.17) is 4.74 Å². The van der Waals surface area contributed by atoms with Crippen LogP contribution in [0.1, 0.15) is 32.4 Å². The van der Waals surface area contributed by atoms with E-state index in [0.717, 1.165) is 4.47 Å². The molecule has 6 nitrogen and oxygen atoms in total. The van der Waals surface area contributed by atoms with Gasteiger partial charge in [0.25, 0.3) is 0 Å². The van der Waals surface area contributed by atoms with Crippen LogP contribution in [0.15, 0.2) is 28.7 Å². The third-order valence-corrected chi connectivity index (χ3v) is 4.42. The summed E-state index contributed by atoms with van der Waals surface area (Å²) in [6.45, 7) is 5.14. The zero-order valence-electron chi connectivity index (χ0n) is 12.1. The van der Waals surface area contributed by atoms with Crippen molar-refractivity contribution in [2.45, 2.75) is 35.8 Å². The molecule has 0 spiro atoms. The molecule has 1 unspecified atom stereocenters. The molecule has 0 radical (unpaired) electrons. The predicted molar refractivity (Wildman–Crippen MR) is 93.8 cm³/mol. The number of rotatable bonds is 4. The molecule has 1 atom stereocenters. The highest BCUT2D eigenvalue weighted by atomic mass is 79.9. The summed E-state index contributed by atoms with van der Waals surface area (Å²) in [5.74, 6) is 0. The number of hydrogen-bond acceptors (Lipinski definition) is 4. The van der Waals surface area contributed by atoms with Gasteiger partial charge in [-0.3, -0.25) is 10.1 Å². The van der Waals surface area contributed by atoms with Crippen molar-refractivity contribution in [1.29, 1.82) is 0 Å². The molecule has 0 fully saturated rings. The fraction of sp³-hybridized carbons (Fsp3) is 0.462. The van der Waals surface area contributed by atoms with Gasteiger partial charge in [-0.1, -0.05) is 28.1 Å². The largest absolute Gasteiger partial charge is 0.444 e. The standard InChI is InChI=1S/C13H15Br3N2O4/c1-12(2,3)22-11(19)17-10(13(15,16)18(20)21)8-5-4-6-9(14)7-8/h4-7,10H,1-3H3,(H,17,19). The Morgan fingerprint density at radius 3 is 2.41 bits per heavy atom. The van der Waals surface area contributed by atoms with Crippen molar-refractivity contribution in [3.05, 3.63) is 44.4 Å². The van der Waals surface area contributed by atoms with Crippen molar-refractivity contribution in [1.82, 2.24) is 5.32 Å². The van der Waals surface area contributed by atoms with Crippen molar-refractivity contribution in [3.8, 4) is 0 Å². The second-order valence-corrected chi connectivity index (χ2v) is 9.88. The first-order valence-electron chi connectivity index (χ1n) is 6.21. The highest BCUT2D eigenvalue weighted by Crippen LogP contribution is 2.40. The molecule has 0 aliphatic carbocycles. The predicted octanol–water partition coefficient (Wildman–Crippen LogP) is 4.74. The maximum atomic E-state index is 12.0. The lowest BCUT2D eigenvalue weighted by Crippen LogP contribution is -2.44. The minimum atomic E-state index is -1.77. The monoisotopic (exact) mass is 500 g/mol. The Hall–Kier alpha value is -0.670. The van der Waals surface area contributed by atoms with Crippen LogP contribution in [0.4, 0.5) is 4.79 Å². The number of nitrogens with zero attached hydrogens (tertiary/aromatic N) is 1. The summed E-state index contributed by atoms with van der Waals surface area (Å²) in [6, 6.07) is 5.87. The lowest BCUT2D eigenvalue weighted by atomic mass is 10.1. The van der Waals surface area contributed by atoms with Crippen molar-refractivity contribution < 1.29 is 14.5 Å². The van der Waals surface area contributed by atoms with Crippen molar-refractivity contribution in [2.75, 3.05) is 0 Å². The molecule has 9 heteroatoms. The molecule has 1 aromatic rings. The number of carbonyl (C=O) groups excluding carboxylic acids is 1. The molecule has 1 rings (SSSR count). The number of hydrogen-bond donors (Lipinski definition) is 1. The van der Waals surface area contributed by atoms with Gasteiger partial charge in [0.1, 0.15) is 11.6 Å². The molecule has 1 N–H and O–H groups in total. The molecule has 0 saturated carbocycles. The minimum absolute atomic E-state index is 0.533. The highest BCUT2D eigenvalue weighted by Gasteiger charge is 2.48. The fourth-order valence-corrected chi connectivity index (χ4v) is 2.76. The Morgan fingerprint density at radius 2 is 1.95 bits per heavy atom. The van der Waals surface area contributed by atoms with Crippen LogP contribution in [-0.4, -0.2) is 20.0 Å². The Kier molecular flexibility index (Phi) is 6.40. The number of alkyl carbamates (subject to hydrolysis) is 1. The molecular formula is C13H15Br3N2O4. The number of halogens is 3. The van der Waals surface area contributed by atoms with Gasteiger partial charge >= 0.3 is 9.45 Å². The molecule has 0 aliphatic heterocycles. The second-order valence-electron chi connectivity index (χ2n) is 5.48. The Labute approximate surface area is 153 Å². The normalized spacial score (nSPS) is 13.4. The van der Waals surface area contributed by atoms with Crippen molar-refractivity contribution in [2.24, 2.45) is 0 Å². The van der Waals surface area contributed by atoms with Crippen LogP contribution < -0.4 is 5.32 Å². The molecule has 0 bridgehead atoms. The first-order valence-corrected chi connectivity index (χ1v) is 8.58. The average molecular weight is 503 g/mol. The number of amides is 1. The average Bonchev–Trinajstić information content (AvgIpc) is 2.33. The zero-order valence-corrected chi connectivity index (χ0v) is 16.9. The Bertz CT molecular complexity index is 573. The van der Waals surface area contributed by atoms with Gasteiger partial charge in [-0.2, -0.15) is 0 Å². The van der Waals surface area contributed by atoms with Gasteiger partial charge in [-0.15, -0.1) is 0 Å². The van der Waals surface area contributed by atoms with E-state index in [2.05, 4.69) is 53.1 Å². The van der Waals surface area contributed by atoms with Gasteiger partial charge in [0.15, 0.2) is 0 Å². The Morgan fingerprint density at radius 1 is 1.36 bits per heavy atom. The lowest BCUT2D eigenvalue weighted by Gasteiger charge is -2.27. The van der Waals surface area contributed by atoms with E-state index < -0.39 is 26.0 Å². The summed E-state index contributed by atoms with van der Waals surface area (Å²) >= 11 is 9.33. The first-order chi connectivity index (χ1) is 9.93. The molecule has 0 heterocycles. The maximum absolute atomic E-state index is 12.0. The third kappa shape index (κ3) is 5.51. The minimum Gasteiger partial charge on any atom is -0.444 e. The van der Waals surface area contributed by atoms with Gasteiger partial charge in [0, 0.05) is 36.3 Å². The van der Waals surface area contributed by atoms with Gasteiger partial charge in [-0.25, -0.2) is 4.79 Å². The number of nitrogens with one attached hydrogen (secondary N) is 1. The summed E-state index contributed by atoms with van der Waals surface area (Å²) in [5, 5.41) is 13.8. The number of benzene rings is 1. The highest BCUT2D eigenvalue weighted by molar-refractivity contribution is 9.25. The van der Waals surface area contributed by atoms with Gasteiger partial charge in [0.2, 0.25) is 0 Å². The topological polar surface area (TPSA) is 81.5 Å². The quantitative estimate of drug-likeness (QED) is 0.279. The molecule has 1 amide bonds. The molecule has 1 aromatic carbocycles. The lowest BCUT2D eigenvalue weighted by molar-refractivity contribution is -0.509. The molecule has 0 saturated heterocycles. The number of alkyl halides is 2. The number of ether oxygens (including phenoxy) is 1. The second kappa shape index (κ2) is 7.27. The third-order valence-electron chi connectivity index (χ3n) is 2.43. The van der Waals surface area contributed by atoms with E-state index in [9.17, 15) is 14.9 Å². The van der Waals surface area contributed by atoms with Crippen LogP contribution >= 0.6 is 47.8 Å². The molecule has 0 aromatic heterocycles. The van der Waals surface area contributed by atoms with Crippen LogP contribution in [0.3, 0.4) is 0 Å². The van der Waals surface area contributed by atoms with E-state index in [1.807, 2.05) is 0 Å². The fourth-order valence-electron chi connectivity index (χ4n) is 1.59. The summed E-state index contributed by atoms with van der Waals surface area (Å²) < 4.78 is 4.14. The van der Waals surface area contributed by atoms with Gasteiger partial charge < -0.3 is 10.1 Å². The van der Waals surface area contributed by atoms with Crippen LogP contribution in [0, 0.1) is 10.1 Å². The summed E-state index contributed by atoms with van der Waals surface area (Å²) in [5.41, 5.74) is -0.174. The molecule has 0 aliphatic rings. The van der Waals surface area contributed by atoms with Crippen molar-refractivity contribution in [3.63, 3.8) is 0 Å². The molecule has 22 heavy (non-hydrogen) atoms. The van der Waals surface area contributed by atoms with Crippen LogP contribution in [-0.2, 0) is 4.74 Å². The zero-order chi connectivity index (χ0) is 17.1. The van der Waals surface area contributed by atoms with Gasteiger partial charge in [-0.05, 0) is 38.5 Å². The number of carbonyl (C=O) groups is 1. The van der Waals surface area contributed by atoms with E-state index in [1.165, 1.54) is 0 Å². The van der Waals surface area contributed by atoms with E-state index in [1.54, 1.807) is 45.0 Å². The smallest absolute Gasteiger partial charge is 0.408 e. The van der Waals surface area contributed by atoms with Gasteiger partial charge in [0.05, 0.1) is 4.92 Å². The van der Waals surface area contributed by atoms with E-state index >= 15 is 0 Å². The Balaban J connectivity index is 3.13.